The van der Waals surface area contributed by atoms with E-state index < -0.39 is 17.7 Å². The average Bonchev–Trinajstić information content (AvgIpc) is 3.10. The molecule has 0 aliphatic carbocycles. The summed E-state index contributed by atoms with van der Waals surface area (Å²) in [6, 6.07) is 11.1. The fourth-order valence-electron chi connectivity index (χ4n) is 3.88. The number of para-hydroxylation sites is 1. The maximum Gasteiger partial charge on any atom is 0.295 e. The number of hydrogen-bond acceptors (Lipinski definition) is 7. The van der Waals surface area contributed by atoms with Gasteiger partial charge in [-0.2, -0.15) is 0 Å². The number of ketones is 1. The molecule has 34 heavy (non-hydrogen) atoms. The summed E-state index contributed by atoms with van der Waals surface area (Å²) in [6.07, 6.45) is 0. The van der Waals surface area contributed by atoms with Crippen molar-refractivity contribution in [3.63, 3.8) is 0 Å². The van der Waals surface area contributed by atoms with E-state index in [1.165, 1.54) is 26.2 Å². The van der Waals surface area contributed by atoms with Crippen LogP contribution in [0.4, 0.5) is 0 Å². The van der Waals surface area contributed by atoms with Gasteiger partial charge in [-0.05, 0) is 36.2 Å². The Labute approximate surface area is 199 Å². The van der Waals surface area contributed by atoms with Gasteiger partial charge in [-0.15, -0.1) is 0 Å². The highest BCUT2D eigenvalue weighted by atomic mass is 16.5. The minimum atomic E-state index is -0.878. The minimum Gasteiger partial charge on any atom is -0.507 e. The summed E-state index contributed by atoms with van der Waals surface area (Å²) in [5.41, 5.74) is 0.896. The summed E-state index contributed by atoms with van der Waals surface area (Å²) in [5, 5.41) is 11.2. The summed E-state index contributed by atoms with van der Waals surface area (Å²) in [4.78, 5) is 27.5. The van der Waals surface area contributed by atoms with Gasteiger partial charge in [0.2, 0.25) is 0 Å². The molecule has 0 radical (unpaired) electrons. The predicted molar refractivity (Wildman–Crippen MR) is 127 cm³/mol. The molecule has 0 unspecified atom stereocenters. The number of carbonyl (C=O) groups excluding carboxylic acids is 2. The molecular formula is C26H31NO7. The molecule has 8 heteroatoms. The first-order valence-corrected chi connectivity index (χ1v) is 11.1. The molecule has 3 rings (SSSR count). The van der Waals surface area contributed by atoms with E-state index in [-0.39, 0.29) is 24.5 Å². The molecule has 1 N–H and O–H groups in total. The van der Waals surface area contributed by atoms with E-state index in [2.05, 4.69) is 13.8 Å². The number of amides is 1. The van der Waals surface area contributed by atoms with Crippen LogP contribution in [0, 0.1) is 5.92 Å². The van der Waals surface area contributed by atoms with Gasteiger partial charge in [-0.1, -0.05) is 26.0 Å². The highest BCUT2D eigenvalue weighted by Gasteiger charge is 2.47. The molecule has 182 valence electrons. The quantitative estimate of drug-likeness (QED) is 0.321. The van der Waals surface area contributed by atoms with Gasteiger partial charge in [-0.25, -0.2) is 0 Å². The number of benzene rings is 2. The lowest BCUT2D eigenvalue weighted by Crippen LogP contribution is -2.32. The minimum absolute atomic E-state index is 0.0245. The Hall–Kier alpha value is -3.52. The van der Waals surface area contributed by atoms with Crippen LogP contribution in [0.5, 0.6) is 17.2 Å². The third-order valence-corrected chi connectivity index (χ3v) is 5.52. The lowest BCUT2D eigenvalue weighted by molar-refractivity contribution is -0.140. The number of likely N-dealkylation sites (tertiary alicyclic amines) is 1. The van der Waals surface area contributed by atoms with Crippen LogP contribution in [-0.2, 0) is 14.3 Å². The van der Waals surface area contributed by atoms with Gasteiger partial charge in [0.15, 0.2) is 11.5 Å². The molecule has 0 bridgehead atoms. The Kier molecular flexibility index (Phi) is 8.17. The largest absolute Gasteiger partial charge is 0.507 e. The highest BCUT2D eigenvalue weighted by molar-refractivity contribution is 6.46. The predicted octanol–water partition coefficient (Wildman–Crippen LogP) is 3.81. The monoisotopic (exact) mass is 469 g/mol. The molecule has 1 heterocycles. The molecule has 2 aromatic rings. The standard InChI is InChI=1S/C26H31NO7/c1-16(2)15-34-18-11-9-17(10-12-18)23(28)21-22(27(13-14-31-3)26(30)24(21)29)19-7-6-8-20(32-4)25(19)33-5/h6-12,16,22,28H,13-15H2,1-5H3/t22-/m0/s1. The van der Waals surface area contributed by atoms with Crippen molar-refractivity contribution in [2.45, 2.75) is 19.9 Å². The van der Waals surface area contributed by atoms with Crippen LogP contribution >= 0.6 is 0 Å². The van der Waals surface area contributed by atoms with E-state index in [9.17, 15) is 14.7 Å². The second kappa shape index (κ2) is 11.1. The van der Waals surface area contributed by atoms with Gasteiger partial charge < -0.3 is 29.0 Å². The van der Waals surface area contributed by atoms with Crippen molar-refractivity contribution in [1.29, 1.82) is 0 Å². The zero-order valence-corrected chi connectivity index (χ0v) is 20.2. The maximum absolute atomic E-state index is 13.1. The number of aliphatic hydroxyl groups is 1. The fourth-order valence-corrected chi connectivity index (χ4v) is 3.88. The summed E-state index contributed by atoms with van der Waals surface area (Å²) < 4.78 is 21.8. The highest BCUT2D eigenvalue weighted by Crippen LogP contribution is 2.45. The molecule has 0 saturated carbocycles. The van der Waals surface area contributed by atoms with Gasteiger partial charge in [0.05, 0.1) is 39.0 Å². The lowest BCUT2D eigenvalue weighted by atomic mass is 9.94. The SMILES string of the molecule is COCCN1C(=O)C(=O)C(=C(O)c2ccc(OCC(C)C)cc2)[C@@H]1c1cccc(OC)c1OC. The van der Waals surface area contributed by atoms with Crippen molar-refractivity contribution in [2.24, 2.45) is 5.92 Å². The van der Waals surface area contributed by atoms with Crippen LogP contribution in [0.3, 0.4) is 0 Å². The molecule has 1 aliphatic heterocycles. The van der Waals surface area contributed by atoms with Crippen LogP contribution in [0.25, 0.3) is 5.76 Å². The van der Waals surface area contributed by atoms with Crippen molar-refractivity contribution >= 4 is 17.4 Å². The number of aliphatic hydroxyl groups excluding tert-OH is 1. The Balaban J connectivity index is 2.12. The number of Topliss-reactive ketones (excluding diaryl/α,β-unsaturated/α-hetero) is 1. The van der Waals surface area contributed by atoms with Crippen LogP contribution in [0.15, 0.2) is 48.0 Å². The van der Waals surface area contributed by atoms with Crippen LogP contribution in [-0.4, -0.2) is 62.8 Å². The summed E-state index contributed by atoms with van der Waals surface area (Å²) in [6.45, 7) is 5.04. The molecular weight excluding hydrogens is 438 g/mol. The smallest absolute Gasteiger partial charge is 0.295 e. The second-order valence-corrected chi connectivity index (χ2v) is 8.30. The molecule has 1 aliphatic rings. The van der Waals surface area contributed by atoms with Crippen molar-refractivity contribution in [3.05, 3.63) is 59.2 Å². The topological polar surface area (TPSA) is 94.5 Å². The molecule has 0 spiro atoms. The third-order valence-electron chi connectivity index (χ3n) is 5.52. The molecule has 1 saturated heterocycles. The Morgan fingerprint density at radius 3 is 2.32 bits per heavy atom. The number of rotatable bonds is 10. The van der Waals surface area contributed by atoms with Gasteiger partial charge in [0.1, 0.15) is 11.5 Å². The van der Waals surface area contributed by atoms with Gasteiger partial charge in [-0.3, -0.25) is 9.59 Å². The second-order valence-electron chi connectivity index (χ2n) is 8.30. The van der Waals surface area contributed by atoms with Crippen molar-refractivity contribution in [1.82, 2.24) is 4.90 Å². The van der Waals surface area contributed by atoms with Crippen LogP contribution in [0.2, 0.25) is 0 Å². The Bertz CT molecular complexity index is 1060. The van der Waals surface area contributed by atoms with Gasteiger partial charge >= 0.3 is 0 Å². The first-order valence-electron chi connectivity index (χ1n) is 11.1. The molecule has 1 amide bonds. The molecule has 0 aromatic heterocycles. The first kappa shape index (κ1) is 25.1. The molecule has 1 atom stereocenters. The molecule has 1 fully saturated rings. The number of ether oxygens (including phenoxy) is 4. The van der Waals surface area contributed by atoms with E-state index in [1.807, 2.05) is 0 Å². The lowest BCUT2D eigenvalue weighted by Gasteiger charge is -2.27. The summed E-state index contributed by atoms with van der Waals surface area (Å²) >= 11 is 0. The van der Waals surface area contributed by atoms with Crippen molar-refractivity contribution < 1.29 is 33.6 Å². The number of methoxy groups -OCH3 is 3. The van der Waals surface area contributed by atoms with E-state index in [0.717, 1.165) is 0 Å². The van der Waals surface area contributed by atoms with E-state index in [1.54, 1.807) is 42.5 Å². The Morgan fingerprint density at radius 2 is 1.74 bits per heavy atom. The number of nitrogens with zero attached hydrogens (tertiary/aromatic N) is 1. The normalized spacial score (nSPS) is 17.4. The fraction of sp³-hybridized carbons (Fsp3) is 0.385. The first-order chi connectivity index (χ1) is 16.3. The van der Waals surface area contributed by atoms with E-state index in [0.29, 0.717) is 40.9 Å². The van der Waals surface area contributed by atoms with E-state index >= 15 is 0 Å². The van der Waals surface area contributed by atoms with Gasteiger partial charge in [0, 0.05) is 24.8 Å². The summed E-state index contributed by atoms with van der Waals surface area (Å²) in [7, 11) is 4.51. The van der Waals surface area contributed by atoms with Gasteiger partial charge in [0.25, 0.3) is 11.7 Å². The third kappa shape index (κ3) is 5.02. The van der Waals surface area contributed by atoms with E-state index in [4.69, 9.17) is 18.9 Å². The zero-order valence-electron chi connectivity index (χ0n) is 20.2. The van der Waals surface area contributed by atoms with Crippen molar-refractivity contribution in [2.75, 3.05) is 41.1 Å². The zero-order chi connectivity index (χ0) is 24.8. The average molecular weight is 470 g/mol. The molecule has 2 aromatic carbocycles. The Morgan fingerprint density at radius 1 is 1.03 bits per heavy atom. The van der Waals surface area contributed by atoms with Crippen molar-refractivity contribution in [3.8, 4) is 17.2 Å². The number of hydrogen-bond donors (Lipinski definition) is 1. The van der Waals surface area contributed by atoms with Crippen LogP contribution in [0.1, 0.15) is 31.0 Å². The summed E-state index contributed by atoms with van der Waals surface area (Å²) in [5.74, 6) is 0.0787. The van der Waals surface area contributed by atoms with Crippen LogP contribution < -0.4 is 14.2 Å². The maximum atomic E-state index is 13.1. The molecule has 8 nitrogen and oxygen atoms in total. The number of carbonyl (C=O) groups is 2.